The first-order valence-corrected chi connectivity index (χ1v) is 5.92. The molecule has 0 aliphatic heterocycles. The van der Waals surface area contributed by atoms with Crippen molar-refractivity contribution in [1.29, 1.82) is 0 Å². The van der Waals surface area contributed by atoms with Crippen LogP contribution in [0, 0.1) is 5.92 Å². The molecule has 0 saturated carbocycles. The zero-order chi connectivity index (χ0) is 13.1. The Morgan fingerprint density at radius 2 is 1.53 bits per heavy atom. The summed E-state index contributed by atoms with van der Waals surface area (Å²) in [5.41, 5.74) is 0. The lowest BCUT2D eigenvalue weighted by Crippen LogP contribution is -2.29. The van der Waals surface area contributed by atoms with Crippen molar-refractivity contribution in [3.8, 4) is 0 Å². The fourth-order valence-electron chi connectivity index (χ4n) is 0.802. The van der Waals surface area contributed by atoms with Crippen LogP contribution in [0.25, 0.3) is 0 Å². The van der Waals surface area contributed by atoms with Gasteiger partial charge in [0.25, 0.3) is 0 Å². The fraction of sp³-hybridized carbons (Fsp3) is 0.846. The highest BCUT2D eigenvalue weighted by molar-refractivity contribution is 5.77. The highest BCUT2D eigenvalue weighted by Crippen LogP contribution is 1.88. The number of carbonyl (C=O) groups is 2. The van der Waals surface area contributed by atoms with Gasteiger partial charge in [0.1, 0.15) is 0 Å². The molecule has 0 spiro atoms. The summed E-state index contributed by atoms with van der Waals surface area (Å²) in [7, 11) is 0. The minimum atomic E-state index is 0. The van der Waals surface area contributed by atoms with Gasteiger partial charge >= 0.3 is 0 Å². The maximum atomic E-state index is 10.6. The van der Waals surface area contributed by atoms with Gasteiger partial charge in [-0.25, -0.2) is 0 Å². The molecule has 17 heavy (non-hydrogen) atoms. The molecule has 4 nitrogen and oxygen atoms in total. The molecule has 0 aromatic carbocycles. The minimum Gasteiger partial charge on any atom is -0.356 e. The number of nitrogens with one attached hydrogen (secondary N) is 2. The molecule has 0 aliphatic carbocycles. The van der Waals surface area contributed by atoms with Crippen LogP contribution in [0.3, 0.4) is 0 Å². The van der Waals surface area contributed by atoms with E-state index in [0.717, 1.165) is 6.54 Å². The molecule has 0 bridgehead atoms. The van der Waals surface area contributed by atoms with E-state index in [4.69, 9.17) is 0 Å². The lowest BCUT2D eigenvalue weighted by atomic mass is 10.2. The van der Waals surface area contributed by atoms with E-state index in [2.05, 4.69) is 10.6 Å². The Morgan fingerprint density at radius 1 is 1.06 bits per heavy atom. The molecule has 2 amide bonds. The number of hydrogen-bond donors (Lipinski definition) is 2. The molecule has 0 heterocycles. The summed E-state index contributed by atoms with van der Waals surface area (Å²) in [6.45, 7) is 12.2. The van der Waals surface area contributed by atoms with E-state index in [1.54, 1.807) is 0 Å². The highest BCUT2D eigenvalue weighted by Gasteiger charge is 2.02. The summed E-state index contributed by atoms with van der Waals surface area (Å²) in [5, 5.41) is 5.46. The third kappa shape index (κ3) is 17.5. The van der Waals surface area contributed by atoms with E-state index < -0.39 is 0 Å². The van der Waals surface area contributed by atoms with Gasteiger partial charge in [0.15, 0.2) is 0 Å². The topological polar surface area (TPSA) is 58.2 Å². The molecule has 0 aromatic rings. The molecule has 0 saturated heterocycles. The van der Waals surface area contributed by atoms with Crippen LogP contribution < -0.4 is 10.6 Å². The largest absolute Gasteiger partial charge is 0.356 e. The molecule has 0 unspecified atom stereocenters. The molecule has 0 aliphatic rings. The number of rotatable bonds is 4. The third-order valence-electron chi connectivity index (χ3n) is 1.65. The smallest absolute Gasteiger partial charge is 0.222 e. The predicted octanol–water partition coefficient (Wildman–Crippen LogP) is 2.34. The first-order chi connectivity index (χ1) is 7.34. The Balaban J connectivity index is -0.000000218. The molecular formula is C13H30N2O2. The van der Waals surface area contributed by atoms with E-state index >= 15 is 0 Å². The van der Waals surface area contributed by atoms with Gasteiger partial charge in [-0.1, -0.05) is 28.2 Å². The van der Waals surface area contributed by atoms with Crippen molar-refractivity contribution in [2.75, 3.05) is 6.54 Å². The second kappa shape index (κ2) is 13.0. The molecule has 4 heteroatoms. The van der Waals surface area contributed by atoms with E-state index in [-0.39, 0.29) is 31.2 Å². The van der Waals surface area contributed by atoms with E-state index in [9.17, 15) is 9.59 Å². The summed E-state index contributed by atoms with van der Waals surface area (Å²) in [6.07, 6.45) is 0.582. The average molecular weight is 246 g/mol. The van der Waals surface area contributed by atoms with Gasteiger partial charge in [0, 0.05) is 24.9 Å². The summed E-state index contributed by atoms with van der Waals surface area (Å²) in [6, 6.07) is 0.280. The highest BCUT2D eigenvalue weighted by atomic mass is 16.2. The Morgan fingerprint density at radius 3 is 1.65 bits per heavy atom. The van der Waals surface area contributed by atoms with Crippen LogP contribution in [-0.4, -0.2) is 24.4 Å². The zero-order valence-corrected chi connectivity index (χ0v) is 11.4. The van der Waals surface area contributed by atoms with Crippen molar-refractivity contribution in [3.63, 3.8) is 0 Å². The Bertz CT molecular complexity index is 202. The average Bonchev–Trinajstić information content (AvgIpc) is 2.18. The Labute approximate surface area is 107 Å². The van der Waals surface area contributed by atoms with Crippen LogP contribution in [0.1, 0.15) is 55.4 Å². The Kier molecular flexibility index (Phi) is 16.3. The first-order valence-electron chi connectivity index (χ1n) is 5.92. The van der Waals surface area contributed by atoms with Crippen LogP contribution in [0.15, 0.2) is 0 Å². The molecule has 0 rings (SSSR count). The van der Waals surface area contributed by atoms with Gasteiger partial charge in [-0.05, 0) is 20.8 Å². The Hall–Kier alpha value is -1.06. The van der Waals surface area contributed by atoms with Crippen molar-refractivity contribution in [2.45, 2.75) is 61.4 Å². The predicted molar refractivity (Wildman–Crippen MR) is 73.8 cm³/mol. The normalized spacial score (nSPS) is 8.94. The van der Waals surface area contributed by atoms with Gasteiger partial charge in [-0.2, -0.15) is 0 Å². The van der Waals surface area contributed by atoms with Crippen LogP contribution >= 0.6 is 0 Å². The van der Waals surface area contributed by atoms with Crippen LogP contribution in [0.4, 0.5) is 0 Å². The lowest BCUT2D eigenvalue weighted by molar-refractivity contribution is -0.124. The van der Waals surface area contributed by atoms with Gasteiger partial charge in [-0.15, -0.1) is 0 Å². The van der Waals surface area contributed by atoms with Crippen molar-refractivity contribution in [2.24, 2.45) is 5.92 Å². The minimum absolute atomic E-state index is 0. The van der Waals surface area contributed by atoms with Crippen LogP contribution in [0.2, 0.25) is 0 Å². The second-order valence-electron chi connectivity index (χ2n) is 4.13. The molecule has 0 radical (unpaired) electrons. The number of amides is 2. The van der Waals surface area contributed by atoms with Gasteiger partial charge in [-0.3, -0.25) is 9.59 Å². The molecule has 0 atom stereocenters. The second-order valence-corrected chi connectivity index (χ2v) is 4.13. The summed E-state index contributed by atoms with van der Waals surface area (Å²) in [4.78, 5) is 21.1. The monoisotopic (exact) mass is 246 g/mol. The summed E-state index contributed by atoms with van der Waals surface area (Å²) < 4.78 is 0. The SMILES string of the molecule is C.CCC(=O)NC(C)C.CCNC(=O)C(C)C. The number of hydrogen-bond acceptors (Lipinski definition) is 2. The summed E-state index contributed by atoms with van der Waals surface area (Å²) >= 11 is 0. The van der Waals surface area contributed by atoms with E-state index in [1.807, 2.05) is 41.5 Å². The fourth-order valence-corrected chi connectivity index (χ4v) is 0.802. The molecule has 0 fully saturated rings. The lowest BCUT2D eigenvalue weighted by Gasteiger charge is -2.04. The summed E-state index contributed by atoms with van der Waals surface area (Å²) in [5.74, 6) is 0.377. The van der Waals surface area contributed by atoms with Crippen molar-refractivity contribution in [3.05, 3.63) is 0 Å². The van der Waals surface area contributed by atoms with Gasteiger partial charge in [0.2, 0.25) is 11.8 Å². The van der Waals surface area contributed by atoms with E-state index in [1.165, 1.54) is 0 Å². The maximum Gasteiger partial charge on any atom is 0.222 e. The molecule has 0 aromatic heterocycles. The van der Waals surface area contributed by atoms with Crippen molar-refractivity contribution in [1.82, 2.24) is 10.6 Å². The first kappa shape index (κ1) is 21.2. The zero-order valence-electron chi connectivity index (χ0n) is 11.4. The van der Waals surface area contributed by atoms with Crippen LogP contribution in [0.5, 0.6) is 0 Å². The number of carbonyl (C=O) groups excluding carboxylic acids is 2. The van der Waals surface area contributed by atoms with Gasteiger partial charge in [0.05, 0.1) is 0 Å². The van der Waals surface area contributed by atoms with E-state index in [0.29, 0.717) is 6.42 Å². The molecular weight excluding hydrogens is 216 g/mol. The van der Waals surface area contributed by atoms with Crippen LogP contribution in [-0.2, 0) is 9.59 Å². The van der Waals surface area contributed by atoms with Crippen molar-refractivity contribution >= 4 is 11.8 Å². The molecule has 2 N–H and O–H groups in total. The third-order valence-corrected chi connectivity index (χ3v) is 1.65. The van der Waals surface area contributed by atoms with Gasteiger partial charge < -0.3 is 10.6 Å². The van der Waals surface area contributed by atoms with Crippen molar-refractivity contribution < 1.29 is 9.59 Å². The quantitative estimate of drug-likeness (QED) is 0.800. The molecule has 104 valence electrons. The maximum absolute atomic E-state index is 10.6. The standard InChI is InChI=1S/2C6H13NO.CH4/c1-4-7-6(8)5(2)3;1-4-6(8)7-5(2)3;/h2*5H,4H2,1-3H3,(H,7,8);1H4.